The maximum absolute atomic E-state index is 12.5. The van der Waals surface area contributed by atoms with Crippen LogP contribution in [-0.4, -0.2) is 34.5 Å². The predicted octanol–water partition coefficient (Wildman–Crippen LogP) is 1.94. The van der Waals surface area contributed by atoms with Crippen LogP contribution in [0.4, 0.5) is 0 Å². The van der Waals surface area contributed by atoms with Crippen molar-refractivity contribution in [3.05, 3.63) is 35.4 Å². The fourth-order valence-electron chi connectivity index (χ4n) is 3.26. The number of fused-ring (bicyclic) bond motifs is 1. The Morgan fingerprint density at radius 3 is 2.79 bits per heavy atom. The topological polar surface area (TPSA) is 57.6 Å². The maximum Gasteiger partial charge on any atom is 0.306 e. The molecule has 19 heavy (non-hydrogen) atoms. The van der Waals surface area contributed by atoms with E-state index in [0.717, 1.165) is 24.0 Å². The Bertz CT molecular complexity index is 526. The Morgan fingerprint density at radius 1 is 1.26 bits per heavy atom. The second kappa shape index (κ2) is 4.68. The fraction of sp³-hybridized carbons (Fsp3) is 0.467. The summed E-state index contributed by atoms with van der Waals surface area (Å²) >= 11 is 0. The highest BCUT2D eigenvalue weighted by atomic mass is 16.4. The highest BCUT2D eigenvalue weighted by molar-refractivity contribution is 5.97. The van der Waals surface area contributed by atoms with Crippen molar-refractivity contribution < 1.29 is 14.7 Å². The van der Waals surface area contributed by atoms with Gasteiger partial charge in [0.05, 0.1) is 5.92 Å². The van der Waals surface area contributed by atoms with Gasteiger partial charge in [0.15, 0.2) is 0 Å². The Labute approximate surface area is 112 Å². The van der Waals surface area contributed by atoms with Gasteiger partial charge in [-0.05, 0) is 37.3 Å². The van der Waals surface area contributed by atoms with Crippen molar-refractivity contribution in [2.45, 2.75) is 31.7 Å². The molecule has 0 spiro atoms. The van der Waals surface area contributed by atoms with E-state index in [9.17, 15) is 9.59 Å². The summed E-state index contributed by atoms with van der Waals surface area (Å²) < 4.78 is 0. The summed E-state index contributed by atoms with van der Waals surface area (Å²) in [5.74, 6) is -0.944. The molecule has 1 aromatic rings. The molecule has 1 fully saturated rings. The number of carbonyl (C=O) groups is 2. The quantitative estimate of drug-likeness (QED) is 0.883. The van der Waals surface area contributed by atoms with Crippen molar-refractivity contribution in [3.8, 4) is 0 Å². The van der Waals surface area contributed by atoms with Crippen LogP contribution in [0, 0.1) is 5.92 Å². The van der Waals surface area contributed by atoms with E-state index >= 15 is 0 Å². The normalized spacial score (nSPS) is 26.3. The van der Waals surface area contributed by atoms with Gasteiger partial charge in [-0.25, -0.2) is 0 Å². The van der Waals surface area contributed by atoms with Crippen LogP contribution in [0.3, 0.4) is 0 Å². The summed E-state index contributed by atoms with van der Waals surface area (Å²) in [4.78, 5) is 25.3. The second-order valence-electron chi connectivity index (χ2n) is 5.41. The van der Waals surface area contributed by atoms with Crippen LogP contribution >= 0.6 is 0 Å². The summed E-state index contributed by atoms with van der Waals surface area (Å²) in [5, 5.41) is 9.05. The largest absolute Gasteiger partial charge is 0.481 e. The average Bonchev–Trinajstić information content (AvgIpc) is 2.89. The molecule has 1 aromatic carbocycles. The van der Waals surface area contributed by atoms with Crippen molar-refractivity contribution in [1.29, 1.82) is 0 Å². The summed E-state index contributed by atoms with van der Waals surface area (Å²) in [7, 11) is 0. The molecule has 1 heterocycles. The van der Waals surface area contributed by atoms with E-state index in [-0.39, 0.29) is 17.9 Å². The highest BCUT2D eigenvalue weighted by Crippen LogP contribution is 2.32. The molecule has 0 saturated heterocycles. The van der Waals surface area contributed by atoms with Gasteiger partial charge in [-0.2, -0.15) is 0 Å². The van der Waals surface area contributed by atoms with E-state index < -0.39 is 5.97 Å². The van der Waals surface area contributed by atoms with Crippen LogP contribution in [0.2, 0.25) is 0 Å². The monoisotopic (exact) mass is 259 g/mol. The van der Waals surface area contributed by atoms with E-state index in [1.807, 2.05) is 29.2 Å². The Kier molecular flexibility index (Phi) is 3.01. The first-order valence-corrected chi connectivity index (χ1v) is 6.78. The minimum atomic E-state index is -0.729. The number of hydrogen-bond donors (Lipinski definition) is 1. The molecule has 100 valence electrons. The molecule has 1 N–H and O–H groups in total. The Morgan fingerprint density at radius 2 is 2.05 bits per heavy atom. The third-order valence-corrected chi connectivity index (χ3v) is 4.33. The Hall–Kier alpha value is -1.84. The van der Waals surface area contributed by atoms with Gasteiger partial charge in [-0.1, -0.05) is 18.2 Å². The summed E-state index contributed by atoms with van der Waals surface area (Å²) in [5.41, 5.74) is 1.89. The zero-order valence-corrected chi connectivity index (χ0v) is 10.7. The van der Waals surface area contributed by atoms with Gasteiger partial charge in [0, 0.05) is 18.2 Å². The number of rotatable bonds is 2. The first-order valence-electron chi connectivity index (χ1n) is 6.78. The van der Waals surface area contributed by atoms with Gasteiger partial charge >= 0.3 is 5.97 Å². The lowest BCUT2D eigenvalue weighted by molar-refractivity contribution is -0.141. The van der Waals surface area contributed by atoms with Crippen LogP contribution in [0.1, 0.15) is 35.2 Å². The maximum atomic E-state index is 12.5. The van der Waals surface area contributed by atoms with Crippen molar-refractivity contribution in [2.75, 3.05) is 6.54 Å². The molecule has 1 aliphatic carbocycles. The molecule has 2 unspecified atom stereocenters. The number of amides is 1. The van der Waals surface area contributed by atoms with E-state index in [2.05, 4.69) is 0 Å². The standard InChI is InChI=1S/C15H17NO3/c17-14-13-4-2-1-3-10(13)7-8-16(14)12-6-5-11(9-12)15(18)19/h1-4,11-12H,5-9H2,(H,18,19). The van der Waals surface area contributed by atoms with Crippen LogP contribution in [0.15, 0.2) is 24.3 Å². The highest BCUT2D eigenvalue weighted by Gasteiger charge is 2.37. The smallest absolute Gasteiger partial charge is 0.306 e. The third-order valence-electron chi connectivity index (χ3n) is 4.33. The third kappa shape index (κ3) is 2.11. The molecular weight excluding hydrogens is 242 g/mol. The number of benzene rings is 1. The predicted molar refractivity (Wildman–Crippen MR) is 69.9 cm³/mol. The molecule has 4 heteroatoms. The summed E-state index contributed by atoms with van der Waals surface area (Å²) in [6.45, 7) is 0.715. The van der Waals surface area contributed by atoms with Gasteiger partial charge in [0.2, 0.25) is 0 Å². The zero-order valence-electron chi connectivity index (χ0n) is 10.7. The van der Waals surface area contributed by atoms with Crippen LogP contribution in [0.25, 0.3) is 0 Å². The lowest BCUT2D eigenvalue weighted by Crippen LogP contribution is -2.43. The molecule has 0 radical (unpaired) electrons. The molecule has 1 aliphatic heterocycles. The molecule has 1 amide bonds. The molecule has 1 saturated carbocycles. The van der Waals surface area contributed by atoms with Crippen molar-refractivity contribution in [2.24, 2.45) is 5.92 Å². The number of carboxylic acid groups (broad SMARTS) is 1. The number of nitrogens with zero attached hydrogens (tertiary/aromatic N) is 1. The minimum Gasteiger partial charge on any atom is -0.481 e. The Balaban J connectivity index is 1.78. The number of carboxylic acids is 1. The van der Waals surface area contributed by atoms with Gasteiger partial charge in [0.25, 0.3) is 5.91 Å². The molecule has 2 aliphatic rings. The number of hydrogen-bond acceptors (Lipinski definition) is 2. The van der Waals surface area contributed by atoms with E-state index in [4.69, 9.17) is 5.11 Å². The molecule has 3 rings (SSSR count). The van der Waals surface area contributed by atoms with E-state index in [1.165, 1.54) is 0 Å². The lowest BCUT2D eigenvalue weighted by Gasteiger charge is -2.33. The lowest BCUT2D eigenvalue weighted by atomic mass is 9.97. The van der Waals surface area contributed by atoms with Crippen LogP contribution < -0.4 is 0 Å². The molecule has 0 aromatic heterocycles. The summed E-state index contributed by atoms with van der Waals surface area (Å²) in [6, 6.07) is 7.81. The van der Waals surface area contributed by atoms with Crippen molar-refractivity contribution in [1.82, 2.24) is 4.90 Å². The van der Waals surface area contributed by atoms with Crippen molar-refractivity contribution >= 4 is 11.9 Å². The molecule has 2 atom stereocenters. The number of aliphatic carboxylic acids is 1. The zero-order chi connectivity index (χ0) is 13.4. The van der Waals surface area contributed by atoms with Crippen molar-refractivity contribution in [3.63, 3.8) is 0 Å². The van der Waals surface area contributed by atoms with Gasteiger partial charge in [-0.3, -0.25) is 9.59 Å². The second-order valence-corrected chi connectivity index (χ2v) is 5.41. The average molecular weight is 259 g/mol. The summed E-state index contributed by atoms with van der Waals surface area (Å²) in [6.07, 6.45) is 2.97. The van der Waals surface area contributed by atoms with Crippen LogP contribution in [0.5, 0.6) is 0 Å². The number of carbonyl (C=O) groups excluding carboxylic acids is 1. The molecular formula is C15H17NO3. The fourth-order valence-corrected chi connectivity index (χ4v) is 3.26. The molecule has 0 bridgehead atoms. The van der Waals surface area contributed by atoms with Gasteiger partial charge in [0.1, 0.15) is 0 Å². The first-order chi connectivity index (χ1) is 9.16. The van der Waals surface area contributed by atoms with E-state index in [1.54, 1.807) is 0 Å². The van der Waals surface area contributed by atoms with E-state index in [0.29, 0.717) is 19.4 Å². The van der Waals surface area contributed by atoms with Crippen LogP contribution in [-0.2, 0) is 11.2 Å². The SMILES string of the molecule is O=C(O)C1CCC(N2CCc3ccccc3C2=O)C1. The first kappa shape index (κ1) is 12.2. The molecule has 4 nitrogen and oxygen atoms in total. The van der Waals surface area contributed by atoms with Gasteiger partial charge < -0.3 is 10.0 Å². The van der Waals surface area contributed by atoms with Gasteiger partial charge in [-0.15, -0.1) is 0 Å². The minimum absolute atomic E-state index is 0.0675.